The third-order valence-electron chi connectivity index (χ3n) is 2.43. The predicted octanol–water partition coefficient (Wildman–Crippen LogP) is 0.551. The minimum absolute atomic E-state index is 0.0445. The maximum atomic E-state index is 13.6. The first-order chi connectivity index (χ1) is 8.08. The Kier molecular flexibility index (Phi) is 3.14. The number of benzene rings is 1. The fourth-order valence-electron chi connectivity index (χ4n) is 1.62. The van der Waals surface area contributed by atoms with Crippen molar-refractivity contribution in [1.29, 1.82) is 0 Å². The van der Waals surface area contributed by atoms with Crippen molar-refractivity contribution in [1.82, 2.24) is 0 Å². The molecule has 92 valence electrons. The zero-order valence-electron chi connectivity index (χ0n) is 8.98. The van der Waals surface area contributed by atoms with Gasteiger partial charge < -0.3 is 20.3 Å². The molecule has 1 atom stereocenters. The smallest absolute Gasteiger partial charge is 0.320 e. The largest absolute Gasteiger partial charge is 0.486 e. The molecule has 6 heteroatoms. The Morgan fingerprint density at radius 3 is 2.88 bits per heavy atom. The van der Waals surface area contributed by atoms with E-state index < -0.39 is 17.8 Å². The van der Waals surface area contributed by atoms with Gasteiger partial charge in [-0.2, -0.15) is 0 Å². The van der Waals surface area contributed by atoms with E-state index in [0.29, 0.717) is 24.5 Å². The lowest BCUT2D eigenvalue weighted by molar-refractivity contribution is -0.138. The number of hydrogen-bond acceptors (Lipinski definition) is 4. The summed E-state index contributed by atoms with van der Waals surface area (Å²) in [5, 5.41) is 8.68. The van der Waals surface area contributed by atoms with Gasteiger partial charge in [-0.05, 0) is 24.1 Å². The van der Waals surface area contributed by atoms with Crippen molar-refractivity contribution in [3.8, 4) is 11.5 Å². The number of hydrogen-bond donors (Lipinski definition) is 2. The van der Waals surface area contributed by atoms with Crippen LogP contribution in [0.25, 0.3) is 0 Å². The molecule has 0 fully saturated rings. The first-order valence-corrected chi connectivity index (χ1v) is 5.14. The fraction of sp³-hybridized carbons (Fsp3) is 0.364. The Morgan fingerprint density at radius 1 is 1.47 bits per heavy atom. The molecular weight excluding hydrogens is 229 g/mol. The van der Waals surface area contributed by atoms with E-state index in [1.807, 2.05) is 0 Å². The molecule has 1 unspecified atom stereocenters. The number of aliphatic carboxylic acids is 1. The van der Waals surface area contributed by atoms with Crippen molar-refractivity contribution in [3.63, 3.8) is 0 Å². The number of ether oxygens (including phenoxy) is 2. The summed E-state index contributed by atoms with van der Waals surface area (Å²) in [7, 11) is 0. The van der Waals surface area contributed by atoms with Crippen LogP contribution in [-0.4, -0.2) is 30.3 Å². The molecule has 17 heavy (non-hydrogen) atoms. The van der Waals surface area contributed by atoms with E-state index in [4.69, 9.17) is 20.3 Å². The molecule has 0 aliphatic carbocycles. The van der Waals surface area contributed by atoms with Crippen molar-refractivity contribution in [3.05, 3.63) is 23.5 Å². The molecule has 1 heterocycles. The van der Waals surface area contributed by atoms with Crippen LogP contribution < -0.4 is 15.2 Å². The highest BCUT2D eigenvalue weighted by Gasteiger charge is 2.20. The number of nitrogens with two attached hydrogens (primary N) is 1. The molecule has 5 nitrogen and oxygen atoms in total. The van der Waals surface area contributed by atoms with E-state index in [1.165, 1.54) is 6.07 Å². The van der Waals surface area contributed by atoms with Crippen LogP contribution in [0.4, 0.5) is 4.39 Å². The summed E-state index contributed by atoms with van der Waals surface area (Å²) >= 11 is 0. The van der Waals surface area contributed by atoms with Gasteiger partial charge in [-0.3, -0.25) is 4.79 Å². The normalized spacial score (nSPS) is 15.4. The topological polar surface area (TPSA) is 81.8 Å². The zero-order valence-corrected chi connectivity index (χ0v) is 8.98. The molecule has 0 spiro atoms. The van der Waals surface area contributed by atoms with Gasteiger partial charge >= 0.3 is 5.97 Å². The highest BCUT2D eigenvalue weighted by atomic mass is 19.1. The second-order valence-electron chi connectivity index (χ2n) is 3.75. The third kappa shape index (κ3) is 2.47. The van der Waals surface area contributed by atoms with Gasteiger partial charge in [0.05, 0.1) is 0 Å². The Labute approximate surface area is 96.9 Å². The lowest BCUT2D eigenvalue weighted by Crippen LogP contribution is -2.32. The van der Waals surface area contributed by atoms with Gasteiger partial charge in [-0.1, -0.05) is 0 Å². The number of fused-ring (bicyclic) bond motifs is 1. The molecule has 0 bridgehead atoms. The van der Waals surface area contributed by atoms with Gasteiger partial charge in [0, 0.05) is 0 Å². The Morgan fingerprint density at radius 2 is 2.18 bits per heavy atom. The van der Waals surface area contributed by atoms with Gasteiger partial charge in [0.25, 0.3) is 0 Å². The maximum absolute atomic E-state index is 13.6. The first kappa shape index (κ1) is 11.7. The number of halogens is 1. The summed E-state index contributed by atoms with van der Waals surface area (Å²) in [4.78, 5) is 10.6. The van der Waals surface area contributed by atoms with Gasteiger partial charge in [0.1, 0.15) is 19.3 Å². The van der Waals surface area contributed by atoms with Crippen LogP contribution in [0.2, 0.25) is 0 Å². The number of rotatable bonds is 3. The molecule has 1 aliphatic heterocycles. The van der Waals surface area contributed by atoms with E-state index in [0.717, 1.165) is 0 Å². The van der Waals surface area contributed by atoms with Crippen molar-refractivity contribution < 1.29 is 23.8 Å². The number of carbonyl (C=O) groups is 1. The molecule has 0 aromatic heterocycles. The van der Waals surface area contributed by atoms with E-state index in [-0.39, 0.29) is 12.2 Å². The Hall–Kier alpha value is -1.82. The Balaban J connectivity index is 2.25. The van der Waals surface area contributed by atoms with E-state index >= 15 is 0 Å². The van der Waals surface area contributed by atoms with Gasteiger partial charge in [0.15, 0.2) is 17.3 Å². The second-order valence-corrected chi connectivity index (χ2v) is 3.75. The van der Waals surface area contributed by atoms with Crippen LogP contribution in [0, 0.1) is 5.82 Å². The monoisotopic (exact) mass is 241 g/mol. The molecular formula is C11H12FNO4. The molecule has 0 saturated heterocycles. The quantitative estimate of drug-likeness (QED) is 0.807. The first-order valence-electron chi connectivity index (χ1n) is 5.14. The molecule has 0 radical (unpaired) electrons. The molecule has 0 amide bonds. The molecule has 3 N–H and O–H groups in total. The minimum Gasteiger partial charge on any atom is -0.486 e. The van der Waals surface area contributed by atoms with Crippen molar-refractivity contribution in [2.24, 2.45) is 5.73 Å². The van der Waals surface area contributed by atoms with Crippen LogP contribution in [0.15, 0.2) is 12.1 Å². The van der Waals surface area contributed by atoms with E-state index in [1.54, 1.807) is 6.07 Å². The molecule has 1 aliphatic rings. The summed E-state index contributed by atoms with van der Waals surface area (Å²) in [6.45, 7) is 0.652. The molecule has 2 rings (SSSR count). The van der Waals surface area contributed by atoms with E-state index in [2.05, 4.69) is 0 Å². The SMILES string of the molecule is NC(Cc1cc(F)c2c(c1)OCCO2)C(=O)O. The van der Waals surface area contributed by atoms with Crippen LogP contribution in [0.1, 0.15) is 5.56 Å². The van der Waals surface area contributed by atoms with Crippen LogP contribution >= 0.6 is 0 Å². The second kappa shape index (κ2) is 4.58. The fourth-order valence-corrected chi connectivity index (χ4v) is 1.62. The summed E-state index contributed by atoms with van der Waals surface area (Å²) in [5.41, 5.74) is 5.85. The maximum Gasteiger partial charge on any atom is 0.320 e. The van der Waals surface area contributed by atoms with Gasteiger partial charge in [-0.25, -0.2) is 4.39 Å². The minimum atomic E-state index is -1.12. The van der Waals surface area contributed by atoms with Crippen molar-refractivity contribution in [2.75, 3.05) is 13.2 Å². The Bertz CT molecular complexity index is 449. The molecule has 0 saturated carbocycles. The average Bonchev–Trinajstić information content (AvgIpc) is 2.29. The highest BCUT2D eigenvalue weighted by Crippen LogP contribution is 2.34. The van der Waals surface area contributed by atoms with Crippen molar-refractivity contribution >= 4 is 5.97 Å². The standard InChI is InChI=1S/C11H12FNO4/c12-7-3-6(4-8(13)11(14)15)5-9-10(7)17-2-1-16-9/h3,5,8H,1-2,4,13H2,(H,14,15). The lowest BCUT2D eigenvalue weighted by atomic mass is 10.1. The number of carboxylic acids is 1. The van der Waals surface area contributed by atoms with Crippen LogP contribution in [-0.2, 0) is 11.2 Å². The van der Waals surface area contributed by atoms with E-state index in [9.17, 15) is 9.18 Å². The van der Waals surface area contributed by atoms with Gasteiger partial charge in [0.2, 0.25) is 0 Å². The van der Waals surface area contributed by atoms with Crippen molar-refractivity contribution in [2.45, 2.75) is 12.5 Å². The third-order valence-corrected chi connectivity index (χ3v) is 2.43. The molecule has 1 aromatic rings. The summed E-state index contributed by atoms with van der Waals surface area (Å²) < 4.78 is 23.9. The highest BCUT2D eigenvalue weighted by molar-refractivity contribution is 5.73. The van der Waals surface area contributed by atoms with Crippen LogP contribution in [0.3, 0.4) is 0 Å². The molecule has 1 aromatic carbocycles. The van der Waals surface area contributed by atoms with Crippen LogP contribution in [0.5, 0.6) is 11.5 Å². The predicted molar refractivity (Wildman–Crippen MR) is 56.7 cm³/mol. The summed E-state index contributed by atoms with van der Waals surface area (Å²) in [6, 6.07) is 1.72. The number of carboxylic acid groups (broad SMARTS) is 1. The average molecular weight is 241 g/mol. The zero-order chi connectivity index (χ0) is 12.4. The summed E-state index contributed by atoms with van der Waals surface area (Å²) in [5.74, 6) is -1.32. The summed E-state index contributed by atoms with van der Waals surface area (Å²) in [6.07, 6.45) is 0.0445. The lowest BCUT2D eigenvalue weighted by Gasteiger charge is -2.20. The van der Waals surface area contributed by atoms with Gasteiger partial charge in [-0.15, -0.1) is 0 Å².